The molecule has 3 nitrogen and oxygen atoms in total. The highest BCUT2D eigenvalue weighted by atomic mass is 79.9. The van der Waals surface area contributed by atoms with Gasteiger partial charge in [-0.1, -0.05) is 34.1 Å². The van der Waals surface area contributed by atoms with Crippen LogP contribution in [0.25, 0.3) is 0 Å². The normalized spacial score (nSPS) is 15.5. The van der Waals surface area contributed by atoms with Gasteiger partial charge >= 0.3 is 0 Å². The summed E-state index contributed by atoms with van der Waals surface area (Å²) in [4.78, 5) is 4.78. The number of hydrogen-bond donors (Lipinski definition) is 0. The van der Waals surface area contributed by atoms with E-state index in [-0.39, 0.29) is 5.82 Å². The minimum atomic E-state index is -0.206. The lowest BCUT2D eigenvalue weighted by Crippen LogP contribution is -2.46. The maximum absolute atomic E-state index is 13.2. The average molecular weight is 393 g/mol. The van der Waals surface area contributed by atoms with E-state index in [4.69, 9.17) is 4.74 Å². The van der Waals surface area contributed by atoms with Gasteiger partial charge in [-0.25, -0.2) is 4.39 Å². The Balaban J connectivity index is 1.62. The zero-order valence-corrected chi connectivity index (χ0v) is 15.4. The Labute approximate surface area is 151 Å². The van der Waals surface area contributed by atoms with Crippen LogP contribution in [0.4, 0.5) is 10.1 Å². The van der Waals surface area contributed by atoms with Gasteiger partial charge in [-0.3, -0.25) is 4.90 Å². The van der Waals surface area contributed by atoms with Crippen LogP contribution in [-0.2, 0) is 6.54 Å². The molecular weight excluding hydrogens is 371 g/mol. The SMILES string of the molecule is CCOc1ccccc1N1CCN(Cc2ccc(F)cc2Br)CC1. The van der Waals surface area contributed by atoms with E-state index in [1.807, 2.05) is 25.1 Å². The molecule has 5 heteroatoms. The van der Waals surface area contributed by atoms with Crippen molar-refractivity contribution in [3.05, 3.63) is 58.3 Å². The lowest BCUT2D eigenvalue weighted by Gasteiger charge is -2.36. The van der Waals surface area contributed by atoms with E-state index in [2.05, 4.69) is 37.9 Å². The van der Waals surface area contributed by atoms with Gasteiger partial charge in [0.15, 0.2) is 0 Å². The van der Waals surface area contributed by atoms with Crippen molar-refractivity contribution in [1.82, 2.24) is 4.90 Å². The molecule has 24 heavy (non-hydrogen) atoms. The number of piperazine rings is 1. The monoisotopic (exact) mass is 392 g/mol. The summed E-state index contributed by atoms with van der Waals surface area (Å²) in [7, 11) is 0. The van der Waals surface area contributed by atoms with Gasteiger partial charge in [0.2, 0.25) is 0 Å². The van der Waals surface area contributed by atoms with Gasteiger partial charge in [0, 0.05) is 37.2 Å². The van der Waals surface area contributed by atoms with Crippen molar-refractivity contribution < 1.29 is 9.13 Å². The Bertz CT molecular complexity index is 687. The molecule has 2 aromatic rings. The topological polar surface area (TPSA) is 15.7 Å². The van der Waals surface area contributed by atoms with Crippen LogP contribution in [0.3, 0.4) is 0 Å². The van der Waals surface area contributed by atoms with E-state index in [9.17, 15) is 4.39 Å². The Kier molecular flexibility index (Phi) is 5.74. The summed E-state index contributed by atoms with van der Waals surface area (Å²) in [6.45, 7) is 7.40. The first-order valence-corrected chi connectivity index (χ1v) is 9.09. The van der Waals surface area contributed by atoms with Gasteiger partial charge < -0.3 is 9.64 Å². The number of nitrogens with zero attached hydrogens (tertiary/aromatic N) is 2. The zero-order valence-electron chi connectivity index (χ0n) is 13.8. The number of halogens is 2. The molecule has 0 bridgehead atoms. The van der Waals surface area contributed by atoms with Crippen LogP contribution < -0.4 is 9.64 Å². The third kappa shape index (κ3) is 4.08. The van der Waals surface area contributed by atoms with E-state index < -0.39 is 0 Å². The van der Waals surface area contributed by atoms with E-state index >= 15 is 0 Å². The molecule has 1 fully saturated rings. The molecule has 1 aliphatic rings. The number of anilines is 1. The van der Waals surface area contributed by atoms with Crippen LogP contribution in [0.1, 0.15) is 12.5 Å². The van der Waals surface area contributed by atoms with Crippen LogP contribution in [0.5, 0.6) is 5.75 Å². The number of benzene rings is 2. The molecule has 0 atom stereocenters. The largest absolute Gasteiger partial charge is 0.492 e. The van der Waals surface area contributed by atoms with Crippen molar-refractivity contribution >= 4 is 21.6 Å². The predicted octanol–water partition coefficient (Wildman–Crippen LogP) is 4.31. The smallest absolute Gasteiger partial charge is 0.142 e. The number of ether oxygens (including phenoxy) is 1. The standard InChI is InChI=1S/C19H22BrFN2O/c1-2-24-19-6-4-3-5-18(19)23-11-9-22(10-12-23)14-15-7-8-16(21)13-17(15)20/h3-8,13H,2,9-12,14H2,1H3. The van der Waals surface area contributed by atoms with Crippen LogP contribution in [0.2, 0.25) is 0 Å². The summed E-state index contributed by atoms with van der Waals surface area (Å²) in [5.41, 5.74) is 2.29. The lowest BCUT2D eigenvalue weighted by atomic mass is 10.2. The van der Waals surface area contributed by atoms with Gasteiger partial charge in [-0.15, -0.1) is 0 Å². The van der Waals surface area contributed by atoms with Crippen LogP contribution in [-0.4, -0.2) is 37.7 Å². The second kappa shape index (κ2) is 7.99. The third-order valence-corrected chi connectivity index (χ3v) is 5.03. The molecule has 0 spiro atoms. The molecule has 1 saturated heterocycles. The zero-order chi connectivity index (χ0) is 16.9. The number of para-hydroxylation sites is 2. The highest BCUT2D eigenvalue weighted by Gasteiger charge is 2.20. The van der Waals surface area contributed by atoms with E-state index in [1.54, 1.807) is 0 Å². The maximum Gasteiger partial charge on any atom is 0.142 e. The lowest BCUT2D eigenvalue weighted by molar-refractivity contribution is 0.248. The highest BCUT2D eigenvalue weighted by Crippen LogP contribution is 2.29. The second-order valence-electron chi connectivity index (χ2n) is 5.90. The molecular formula is C19H22BrFN2O. The molecule has 0 saturated carbocycles. The molecule has 1 heterocycles. The Hall–Kier alpha value is -1.59. The predicted molar refractivity (Wildman–Crippen MR) is 99.2 cm³/mol. The molecule has 0 aromatic heterocycles. The molecule has 0 radical (unpaired) electrons. The molecule has 2 aromatic carbocycles. The van der Waals surface area contributed by atoms with Crippen molar-refractivity contribution in [2.24, 2.45) is 0 Å². The van der Waals surface area contributed by atoms with Crippen LogP contribution in [0.15, 0.2) is 46.9 Å². The summed E-state index contributed by atoms with van der Waals surface area (Å²) < 4.78 is 19.8. The van der Waals surface area contributed by atoms with E-state index in [1.165, 1.54) is 17.8 Å². The maximum atomic E-state index is 13.2. The van der Waals surface area contributed by atoms with Crippen LogP contribution in [0, 0.1) is 5.82 Å². The van der Waals surface area contributed by atoms with Gasteiger partial charge in [-0.2, -0.15) is 0 Å². The van der Waals surface area contributed by atoms with Crippen molar-refractivity contribution in [2.45, 2.75) is 13.5 Å². The minimum absolute atomic E-state index is 0.206. The number of rotatable bonds is 5. The fourth-order valence-corrected chi connectivity index (χ4v) is 3.51. The first-order chi connectivity index (χ1) is 11.7. The van der Waals surface area contributed by atoms with Gasteiger partial charge in [0.1, 0.15) is 11.6 Å². The highest BCUT2D eigenvalue weighted by molar-refractivity contribution is 9.10. The quantitative estimate of drug-likeness (QED) is 0.753. The Morgan fingerprint density at radius 1 is 1.08 bits per heavy atom. The molecule has 0 aliphatic carbocycles. The average Bonchev–Trinajstić information content (AvgIpc) is 2.59. The van der Waals surface area contributed by atoms with E-state index in [0.29, 0.717) is 6.61 Å². The number of hydrogen-bond acceptors (Lipinski definition) is 3. The molecule has 0 N–H and O–H groups in total. The minimum Gasteiger partial charge on any atom is -0.492 e. The summed E-state index contributed by atoms with van der Waals surface area (Å²) >= 11 is 3.46. The van der Waals surface area contributed by atoms with Gasteiger partial charge in [0.05, 0.1) is 12.3 Å². The molecule has 1 aliphatic heterocycles. The fourth-order valence-electron chi connectivity index (χ4n) is 3.03. The first kappa shape index (κ1) is 17.2. The van der Waals surface area contributed by atoms with Crippen molar-refractivity contribution in [1.29, 1.82) is 0 Å². The summed E-state index contributed by atoms with van der Waals surface area (Å²) in [5, 5.41) is 0. The van der Waals surface area contributed by atoms with Crippen molar-refractivity contribution in [3.8, 4) is 5.75 Å². The Morgan fingerprint density at radius 3 is 2.54 bits per heavy atom. The van der Waals surface area contributed by atoms with Gasteiger partial charge in [-0.05, 0) is 36.8 Å². The molecule has 128 valence electrons. The van der Waals surface area contributed by atoms with Crippen LogP contribution >= 0.6 is 15.9 Å². The second-order valence-corrected chi connectivity index (χ2v) is 6.75. The Morgan fingerprint density at radius 2 is 1.83 bits per heavy atom. The fraction of sp³-hybridized carbons (Fsp3) is 0.368. The molecule has 0 unspecified atom stereocenters. The summed E-state index contributed by atoms with van der Waals surface area (Å²) in [5.74, 6) is 0.748. The van der Waals surface area contributed by atoms with E-state index in [0.717, 1.165) is 48.5 Å². The summed E-state index contributed by atoms with van der Waals surface area (Å²) in [6, 6.07) is 13.1. The summed E-state index contributed by atoms with van der Waals surface area (Å²) in [6.07, 6.45) is 0. The van der Waals surface area contributed by atoms with Crippen molar-refractivity contribution in [3.63, 3.8) is 0 Å². The van der Waals surface area contributed by atoms with Gasteiger partial charge in [0.25, 0.3) is 0 Å². The third-order valence-electron chi connectivity index (χ3n) is 4.29. The van der Waals surface area contributed by atoms with Crippen molar-refractivity contribution in [2.75, 3.05) is 37.7 Å². The first-order valence-electron chi connectivity index (χ1n) is 8.30. The molecule has 3 rings (SSSR count). The molecule has 0 amide bonds.